The second kappa shape index (κ2) is 7.67. The van der Waals surface area contributed by atoms with Crippen LogP contribution >= 0.6 is 11.6 Å². The summed E-state index contributed by atoms with van der Waals surface area (Å²) < 4.78 is 20.3. The number of benzene rings is 2. The number of nitrogens with zero attached hydrogens (tertiary/aromatic N) is 1. The summed E-state index contributed by atoms with van der Waals surface area (Å²) in [5.74, 6) is 0.382. The summed E-state index contributed by atoms with van der Waals surface area (Å²) in [5.41, 5.74) is 4.49. The van der Waals surface area contributed by atoms with Gasteiger partial charge in [-0.1, -0.05) is 23.7 Å². The van der Waals surface area contributed by atoms with E-state index in [-0.39, 0.29) is 11.4 Å². The third-order valence-electron chi connectivity index (χ3n) is 7.11. The smallest absolute Gasteiger partial charge is 0.123 e. The van der Waals surface area contributed by atoms with Gasteiger partial charge >= 0.3 is 0 Å². The molecule has 3 nitrogen and oxygen atoms in total. The second-order valence-electron chi connectivity index (χ2n) is 9.06. The van der Waals surface area contributed by atoms with Gasteiger partial charge in [0.15, 0.2) is 0 Å². The Labute approximate surface area is 182 Å². The van der Waals surface area contributed by atoms with Crippen LogP contribution in [-0.4, -0.2) is 30.6 Å². The summed E-state index contributed by atoms with van der Waals surface area (Å²) in [4.78, 5) is 5.92. The molecule has 0 saturated heterocycles. The summed E-state index contributed by atoms with van der Waals surface area (Å²) in [6.45, 7) is 0.704. The molecule has 30 heavy (non-hydrogen) atoms. The first-order chi connectivity index (χ1) is 14.5. The van der Waals surface area contributed by atoms with Crippen molar-refractivity contribution in [2.45, 2.75) is 43.7 Å². The number of hydrogen-bond acceptors (Lipinski definition) is 2. The van der Waals surface area contributed by atoms with Crippen molar-refractivity contribution in [1.29, 1.82) is 0 Å². The summed E-state index contributed by atoms with van der Waals surface area (Å²) in [7, 11) is 4.32. The highest BCUT2D eigenvalue weighted by molar-refractivity contribution is 6.30. The zero-order valence-electron chi connectivity index (χ0n) is 17.6. The maximum absolute atomic E-state index is 13.9. The van der Waals surface area contributed by atoms with E-state index in [0.717, 1.165) is 48.0 Å². The molecule has 2 aromatic carbocycles. The number of H-pyrrole nitrogens is 1. The van der Waals surface area contributed by atoms with E-state index in [2.05, 4.69) is 36.1 Å². The van der Waals surface area contributed by atoms with Crippen LogP contribution in [0.25, 0.3) is 10.9 Å². The Kier molecular flexibility index (Phi) is 5.12. The molecule has 0 bridgehead atoms. The van der Waals surface area contributed by atoms with Gasteiger partial charge in [-0.3, -0.25) is 0 Å². The molecule has 1 unspecified atom stereocenters. The van der Waals surface area contributed by atoms with Gasteiger partial charge in [0, 0.05) is 22.0 Å². The van der Waals surface area contributed by atoms with Crippen LogP contribution in [0.3, 0.4) is 0 Å². The number of aromatic nitrogens is 1. The zero-order valence-corrected chi connectivity index (χ0v) is 18.3. The molecule has 1 aromatic heterocycles. The van der Waals surface area contributed by atoms with Crippen LogP contribution in [0.2, 0.25) is 5.02 Å². The Morgan fingerprint density at radius 3 is 2.57 bits per heavy atom. The molecule has 3 aromatic rings. The standard InChI is InChI=1S/C25H28ClFN2O/c1-29(2)23(16-3-5-18(26)6-4-16)17-9-12-25(13-10-17)24-20(11-14-30-25)21-15-19(27)7-8-22(21)28-24/h3-8,15,17,23,28H,9-14H2,1-2H3. The van der Waals surface area contributed by atoms with Gasteiger partial charge in [0.05, 0.1) is 12.3 Å². The van der Waals surface area contributed by atoms with Crippen molar-refractivity contribution >= 4 is 22.5 Å². The number of nitrogens with one attached hydrogen (secondary N) is 1. The summed E-state index contributed by atoms with van der Waals surface area (Å²) in [5, 5.41) is 1.79. The molecule has 158 valence electrons. The fraction of sp³-hybridized carbons (Fsp3) is 0.440. The van der Waals surface area contributed by atoms with E-state index in [9.17, 15) is 4.39 Å². The Morgan fingerprint density at radius 1 is 1.13 bits per heavy atom. The van der Waals surface area contributed by atoms with Crippen molar-refractivity contribution in [3.05, 3.63) is 70.1 Å². The molecule has 1 N–H and O–H groups in total. The van der Waals surface area contributed by atoms with Gasteiger partial charge in [-0.15, -0.1) is 0 Å². The minimum atomic E-state index is -0.267. The number of rotatable bonds is 3. The van der Waals surface area contributed by atoms with E-state index < -0.39 is 0 Å². The Bertz CT molecular complexity index is 1050. The molecule has 1 aliphatic heterocycles. The van der Waals surface area contributed by atoms with Gasteiger partial charge in [0.25, 0.3) is 0 Å². The predicted octanol–water partition coefficient (Wildman–Crippen LogP) is 6.22. The molecule has 1 aliphatic carbocycles. The SMILES string of the molecule is CN(C)C(c1ccc(Cl)cc1)C1CCC2(CC1)OCCc1c2[nH]c2ccc(F)cc12. The van der Waals surface area contributed by atoms with Crippen molar-refractivity contribution < 1.29 is 9.13 Å². The van der Waals surface area contributed by atoms with Crippen LogP contribution in [-0.2, 0) is 16.8 Å². The van der Waals surface area contributed by atoms with E-state index >= 15 is 0 Å². The number of fused-ring (bicyclic) bond motifs is 4. The Hall–Kier alpha value is -1.88. The molecule has 2 heterocycles. The molecule has 1 spiro atoms. The first-order valence-corrected chi connectivity index (χ1v) is 11.2. The van der Waals surface area contributed by atoms with Crippen molar-refractivity contribution in [1.82, 2.24) is 9.88 Å². The number of hydrogen-bond donors (Lipinski definition) is 1. The van der Waals surface area contributed by atoms with Gasteiger partial charge in [0.1, 0.15) is 11.4 Å². The summed E-state index contributed by atoms with van der Waals surface area (Å²) >= 11 is 6.11. The third kappa shape index (κ3) is 3.35. The predicted molar refractivity (Wildman–Crippen MR) is 119 cm³/mol. The summed E-state index contributed by atoms with van der Waals surface area (Å²) in [6.07, 6.45) is 4.99. The lowest BCUT2D eigenvalue weighted by Crippen LogP contribution is -2.41. The normalized spacial score (nSPS) is 25.0. The van der Waals surface area contributed by atoms with Crippen LogP contribution in [0.1, 0.15) is 48.5 Å². The largest absolute Gasteiger partial charge is 0.368 e. The van der Waals surface area contributed by atoms with E-state index in [4.69, 9.17) is 16.3 Å². The van der Waals surface area contributed by atoms with Crippen LogP contribution in [0.4, 0.5) is 4.39 Å². The highest BCUT2D eigenvalue weighted by Crippen LogP contribution is 2.50. The lowest BCUT2D eigenvalue weighted by molar-refractivity contribution is -0.0997. The van der Waals surface area contributed by atoms with Crippen LogP contribution in [0.15, 0.2) is 42.5 Å². The van der Waals surface area contributed by atoms with Crippen LogP contribution in [0.5, 0.6) is 0 Å². The monoisotopic (exact) mass is 426 g/mol. The fourth-order valence-corrected chi connectivity index (χ4v) is 5.88. The molecule has 0 radical (unpaired) electrons. The molecule has 1 atom stereocenters. The van der Waals surface area contributed by atoms with Crippen molar-refractivity contribution in [3.8, 4) is 0 Å². The molecule has 1 saturated carbocycles. The lowest BCUT2D eigenvalue weighted by Gasteiger charge is -2.45. The fourth-order valence-electron chi connectivity index (χ4n) is 5.76. The van der Waals surface area contributed by atoms with Gasteiger partial charge in [-0.05, 0) is 93.6 Å². The van der Waals surface area contributed by atoms with Gasteiger partial charge in [-0.25, -0.2) is 4.39 Å². The summed E-state index contributed by atoms with van der Waals surface area (Å²) in [6, 6.07) is 13.7. The van der Waals surface area contributed by atoms with E-state index in [1.807, 2.05) is 18.2 Å². The Morgan fingerprint density at radius 2 is 1.87 bits per heavy atom. The van der Waals surface area contributed by atoms with E-state index in [1.54, 1.807) is 6.07 Å². The van der Waals surface area contributed by atoms with Crippen LogP contribution < -0.4 is 0 Å². The molecular formula is C25H28ClFN2O. The molecule has 1 fully saturated rings. The molecule has 5 heteroatoms. The van der Waals surface area contributed by atoms with E-state index in [0.29, 0.717) is 18.6 Å². The topological polar surface area (TPSA) is 28.3 Å². The lowest BCUT2D eigenvalue weighted by atomic mass is 9.71. The highest BCUT2D eigenvalue weighted by atomic mass is 35.5. The van der Waals surface area contributed by atoms with Crippen LogP contribution in [0, 0.1) is 11.7 Å². The first kappa shape index (κ1) is 20.0. The number of aromatic amines is 1. The average molecular weight is 427 g/mol. The maximum Gasteiger partial charge on any atom is 0.123 e. The molecule has 0 amide bonds. The van der Waals surface area contributed by atoms with Gasteiger partial charge in [0.2, 0.25) is 0 Å². The zero-order chi connectivity index (χ0) is 20.9. The number of ether oxygens (including phenoxy) is 1. The van der Waals surface area contributed by atoms with Gasteiger partial charge in [-0.2, -0.15) is 0 Å². The van der Waals surface area contributed by atoms with Crippen molar-refractivity contribution in [2.75, 3.05) is 20.7 Å². The van der Waals surface area contributed by atoms with Crippen molar-refractivity contribution in [2.24, 2.45) is 5.92 Å². The minimum absolute atomic E-state index is 0.176. The number of halogens is 2. The highest BCUT2D eigenvalue weighted by Gasteiger charge is 2.44. The quantitative estimate of drug-likeness (QED) is 0.538. The molecule has 5 rings (SSSR count). The average Bonchev–Trinajstić information content (AvgIpc) is 3.11. The maximum atomic E-state index is 13.9. The Balaban J connectivity index is 1.43. The third-order valence-corrected chi connectivity index (χ3v) is 7.36. The molecular weight excluding hydrogens is 399 g/mol. The first-order valence-electron chi connectivity index (χ1n) is 10.8. The molecule has 2 aliphatic rings. The van der Waals surface area contributed by atoms with Gasteiger partial charge < -0.3 is 14.6 Å². The minimum Gasteiger partial charge on any atom is -0.368 e. The van der Waals surface area contributed by atoms with Crippen molar-refractivity contribution in [3.63, 3.8) is 0 Å². The second-order valence-corrected chi connectivity index (χ2v) is 9.50. The van der Waals surface area contributed by atoms with E-state index in [1.165, 1.54) is 22.9 Å².